The highest BCUT2D eigenvalue weighted by atomic mass is 32.2. The number of aryl methyl sites for hydroxylation is 2. The molecule has 2 amide bonds. The molecule has 146 valence electrons. The topological polar surface area (TPSA) is 71.1 Å². The molecule has 2 aromatic heterocycles. The molecule has 0 aliphatic heterocycles. The Morgan fingerprint density at radius 2 is 2.04 bits per heavy atom. The van der Waals surface area contributed by atoms with E-state index in [0.717, 1.165) is 26.2 Å². The van der Waals surface area contributed by atoms with Crippen molar-refractivity contribution in [2.75, 3.05) is 11.9 Å². The number of amides is 2. The first-order valence-electron chi connectivity index (χ1n) is 8.83. The van der Waals surface area contributed by atoms with E-state index < -0.39 is 0 Å². The first-order chi connectivity index (χ1) is 13.5. The van der Waals surface area contributed by atoms with Crippen LogP contribution in [0.4, 0.5) is 5.69 Å². The van der Waals surface area contributed by atoms with Crippen molar-refractivity contribution >= 4 is 51.9 Å². The number of carbonyl (C=O) groups excluding carboxylic acids is 2. The highest BCUT2D eigenvalue weighted by Crippen LogP contribution is 2.32. The van der Waals surface area contributed by atoms with Gasteiger partial charge in [-0.2, -0.15) is 0 Å². The van der Waals surface area contributed by atoms with Gasteiger partial charge in [0.1, 0.15) is 0 Å². The molecule has 0 aliphatic rings. The summed E-state index contributed by atoms with van der Waals surface area (Å²) in [5.41, 5.74) is 2.85. The summed E-state index contributed by atoms with van der Waals surface area (Å²) in [4.78, 5) is 30.3. The van der Waals surface area contributed by atoms with Crippen molar-refractivity contribution in [1.82, 2.24) is 10.3 Å². The van der Waals surface area contributed by atoms with Crippen molar-refractivity contribution in [2.24, 2.45) is 0 Å². The van der Waals surface area contributed by atoms with E-state index in [9.17, 15) is 9.59 Å². The molecule has 0 fully saturated rings. The average molecular weight is 432 g/mol. The fourth-order valence-electron chi connectivity index (χ4n) is 2.48. The number of nitrogens with zero attached hydrogens (tertiary/aromatic N) is 1. The van der Waals surface area contributed by atoms with Crippen LogP contribution in [0.3, 0.4) is 0 Å². The minimum atomic E-state index is -0.0882. The molecule has 0 atom stereocenters. The molecule has 0 radical (unpaired) electrons. The zero-order chi connectivity index (χ0) is 19.9. The van der Waals surface area contributed by atoms with E-state index in [4.69, 9.17) is 0 Å². The Morgan fingerprint density at radius 3 is 2.71 bits per heavy atom. The number of hydrogen-bond donors (Lipinski definition) is 2. The third kappa shape index (κ3) is 5.92. The van der Waals surface area contributed by atoms with Gasteiger partial charge in [-0.15, -0.1) is 22.7 Å². The third-order valence-corrected chi connectivity index (χ3v) is 6.80. The van der Waals surface area contributed by atoms with Gasteiger partial charge >= 0.3 is 0 Å². The van der Waals surface area contributed by atoms with Crippen molar-refractivity contribution in [2.45, 2.75) is 35.9 Å². The molecular formula is C20H21N3O2S3. The van der Waals surface area contributed by atoms with Crippen molar-refractivity contribution in [3.63, 3.8) is 0 Å². The molecule has 1 aromatic carbocycles. The second-order valence-corrected chi connectivity index (χ2v) is 9.34. The van der Waals surface area contributed by atoms with Crippen LogP contribution in [0.1, 0.15) is 33.8 Å². The Bertz CT molecular complexity index is 952. The van der Waals surface area contributed by atoms with Crippen molar-refractivity contribution < 1.29 is 9.59 Å². The van der Waals surface area contributed by atoms with E-state index in [1.54, 1.807) is 29.2 Å². The monoisotopic (exact) mass is 431 g/mol. The van der Waals surface area contributed by atoms with Gasteiger partial charge < -0.3 is 10.6 Å². The van der Waals surface area contributed by atoms with Crippen molar-refractivity contribution in [3.8, 4) is 0 Å². The van der Waals surface area contributed by atoms with Crippen LogP contribution in [0, 0.1) is 13.8 Å². The van der Waals surface area contributed by atoms with Gasteiger partial charge in [-0.25, -0.2) is 4.98 Å². The lowest BCUT2D eigenvalue weighted by Crippen LogP contribution is -2.24. The van der Waals surface area contributed by atoms with Gasteiger partial charge in [0.15, 0.2) is 4.34 Å². The molecule has 0 unspecified atom stereocenters. The predicted molar refractivity (Wildman–Crippen MR) is 117 cm³/mol. The Morgan fingerprint density at radius 1 is 1.18 bits per heavy atom. The van der Waals surface area contributed by atoms with Gasteiger partial charge in [-0.05, 0) is 55.5 Å². The van der Waals surface area contributed by atoms with E-state index >= 15 is 0 Å². The first-order valence-corrected chi connectivity index (χ1v) is 11.4. The van der Waals surface area contributed by atoms with Gasteiger partial charge in [0.05, 0.1) is 4.88 Å². The van der Waals surface area contributed by atoms with Crippen molar-refractivity contribution in [1.29, 1.82) is 0 Å². The summed E-state index contributed by atoms with van der Waals surface area (Å²) in [5, 5.41) is 9.68. The van der Waals surface area contributed by atoms with Crippen LogP contribution in [0.2, 0.25) is 0 Å². The van der Waals surface area contributed by atoms with Crippen molar-refractivity contribution in [3.05, 3.63) is 57.2 Å². The second-order valence-electron chi connectivity index (χ2n) is 6.22. The van der Waals surface area contributed by atoms with Crippen LogP contribution in [0.5, 0.6) is 0 Å². The van der Waals surface area contributed by atoms with Gasteiger partial charge in [0.25, 0.3) is 5.91 Å². The number of thiazole rings is 1. The molecule has 3 aromatic rings. The lowest BCUT2D eigenvalue weighted by atomic mass is 10.2. The van der Waals surface area contributed by atoms with Gasteiger partial charge in [0.2, 0.25) is 5.91 Å². The quantitative estimate of drug-likeness (QED) is 0.486. The summed E-state index contributed by atoms with van der Waals surface area (Å²) < 4.78 is 1.01. The SMILES string of the molecule is Cc1csc(Sc2ccc(NC(=O)CCCNC(=O)c3cccs3)c(C)c2)n1. The fourth-order valence-corrected chi connectivity index (χ4v) is 5.03. The molecule has 0 spiro atoms. The molecule has 5 nitrogen and oxygen atoms in total. The van der Waals surface area contributed by atoms with Gasteiger partial charge in [-0.3, -0.25) is 9.59 Å². The normalized spacial score (nSPS) is 10.6. The second kappa shape index (κ2) is 9.86. The molecular weight excluding hydrogens is 410 g/mol. The lowest BCUT2D eigenvalue weighted by Gasteiger charge is -2.10. The smallest absolute Gasteiger partial charge is 0.261 e. The minimum Gasteiger partial charge on any atom is -0.351 e. The summed E-state index contributed by atoms with van der Waals surface area (Å²) in [6, 6.07) is 9.60. The number of nitrogens with one attached hydrogen (secondary N) is 2. The molecule has 8 heteroatoms. The molecule has 2 N–H and O–H groups in total. The maximum atomic E-state index is 12.2. The molecule has 28 heavy (non-hydrogen) atoms. The van der Waals surface area contributed by atoms with E-state index in [1.807, 2.05) is 42.8 Å². The number of aromatic nitrogens is 1. The number of thiophene rings is 1. The Kier molecular flexibility index (Phi) is 7.24. The van der Waals surface area contributed by atoms with E-state index in [0.29, 0.717) is 24.3 Å². The molecule has 0 saturated carbocycles. The fraction of sp³-hybridized carbons (Fsp3) is 0.250. The van der Waals surface area contributed by atoms with Crippen LogP contribution in [0.15, 0.2) is 50.3 Å². The zero-order valence-electron chi connectivity index (χ0n) is 15.7. The van der Waals surface area contributed by atoms with E-state index in [-0.39, 0.29) is 11.8 Å². The number of benzene rings is 1. The highest BCUT2D eigenvalue weighted by Gasteiger charge is 2.09. The highest BCUT2D eigenvalue weighted by molar-refractivity contribution is 8.01. The standard InChI is InChI=1S/C20H21N3O2S3/c1-13-11-15(28-20-22-14(2)12-27-20)7-8-16(13)23-18(24)6-3-9-21-19(25)17-5-4-10-26-17/h4-5,7-8,10-12H,3,6,9H2,1-2H3,(H,21,25)(H,23,24). The summed E-state index contributed by atoms with van der Waals surface area (Å²) in [6.07, 6.45) is 0.957. The molecule has 0 saturated heterocycles. The summed E-state index contributed by atoms with van der Waals surface area (Å²) >= 11 is 4.66. The van der Waals surface area contributed by atoms with Crippen LogP contribution < -0.4 is 10.6 Å². The number of carbonyl (C=O) groups is 2. The molecule has 3 rings (SSSR count). The van der Waals surface area contributed by atoms with Crippen LogP contribution >= 0.6 is 34.4 Å². The van der Waals surface area contributed by atoms with Crippen LogP contribution in [0.25, 0.3) is 0 Å². The largest absolute Gasteiger partial charge is 0.351 e. The average Bonchev–Trinajstić information content (AvgIpc) is 3.33. The Labute approximate surface area is 176 Å². The van der Waals surface area contributed by atoms with Gasteiger partial charge in [-0.1, -0.05) is 17.8 Å². The summed E-state index contributed by atoms with van der Waals surface area (Å²) in [7, 11) is 0. The van der Waals surface area contributed by atoms with Gasteiger partial charge in [0, 0.05) is 34.6 Å². The number of rotatable bonds is 8. The Balaban J connectivity index is 1.44. The van der Waals surface area contributed by atoms with Crippen LogP contribution in [-0.4, -0.2) is 23.3 Å². The summed E-state index contributed by atoms with van der Waals surface area (Å²) in [5.74, 6) is -0.140. The zero-order valence-corrected chi connectivity index (χ0v) is 18.1. The minimum absolute atomic E-state index is 0.0515. The maximum absolute atomic E-state index is 12.2. The van der Waals surface area contributed by atoms with Crippen LogP contribution in [-0.2, 0) is 4.79 Å². The first kappa shape index (κ1) is 20.6. The van der Waals surface area contributed by atoms with E-state index in [2.05, 4.69) is 21.7 Å². The Hall–Kier alpha value is -2.16. The number of hydrogen-bond acceptors (Lipinski definition) is 6. The lowest BCUT2D eigenvalue weighted by molar-refractivity contribution is -0.116. The molecule has 0 aliphatic carbocycles. The number of anilines is 1. The molecule has 0 bridgehead atoms. The van der Waals surface area contributed by atoms with E-state index in [1.165, 1.54) is 11.3 Å². The third-order valence-electron chi connectivity index (χ3n) is 3.89. The maximum Gasteiger partial charge on any atom is 0.261 e. The predicted octanol–water partition coefficient (Wildman–Crippen LogP) is 5.12. The molecule has 2 heterocycles. The summed E-state index contributed by atoms with van der Waals surface area (Å²) in [6.45, 7) is 4.44.